The number of nitrogens with one attached hydrogen (secondary N) is 2. The maximum absolute atomic E-state index is 11.9. The number of amides is 2. The third kappa shape index (κ3) is 3.32. The molecule has 0 spiro atoms. The SMILES string of the molecule is O=C(O)NCCNC(=O)c1ncsc1-c1ccco1. The Hall–Kier alpha value is -2.35. The van der Waals surface area contributed by atoms with Crippen LogP contribution in [-0.2, 0) is 0 Å². The first-order chi connectivity index (χ1) is 9.18. The molecule has 2 aromatic rings. The van der Waals surface area contributed by atoms with E-state index < -0.39 is 6.09 Å². The Morgan fingerprint density at radius 2 is 2.16 bits per heavy atom. The predicted octanol–water partition coefficient (Wildman–Crippen LogP) is 1.40. The summed E-state index contributed by atoms with van der Waals surface area (Å²) in [5.74, 6) is 0.219. The van der Waals surface area contributed by atoms with Gasteiger partial charge in [-0.05, 0) is 12.1 Å². The van der Waals surface area contributed by atoms with Gasteiger partial charge in [0, 0.05) is 13.1 Å². The van der Waals surface area contributed by atoms with Crippen LogP contribution in [0, 0.1) is 0 Å². The fourth-order valence-electron chi connectivity index (χ4n) is 1.42. The van der Waals surface area contributed by atoms with Gasteiger partial charge in [-0.25, -0.2) is 9.78 Å². The lowest BCUT2D eigenvalue weighted by Gasteiger charge is -2.04. The van der Waals surface area contributed by atoms with Crippen LogP contribution in [-0.4, -0.2) is 35.2 Å². The second-order valence-electron chi connectivity index (χ2n) is 3.50. The van der Waals surface area contributed by atoms with Gasteiger partial charge < -0.3 is 20.2 Å². The lowest BCUT2D eigenvalue weighted by Crippen LogP contribution is -2.34. The van der Waals surface area contributed by atoms with Crippen molar-refractivity contribution in [2.45, 2.75) is 0 Å². The van der Waals surface area contributed by atoms with Crippen molar-refractivity contribution in [2.24, 2.45) is 0 Å². The number of nitrogens with zero attached hydrogens (tertiary/aromatic N) is 1. The molecule has 0 aromatic carbocycles. The largest absolute Gasteiger partial charge is 0.465 e. The molecule has 2 heterocycles. The van der Waals surface area contributed by atoms with Crippen molar-refractivity contribution in [1.29, 1.82) is 0 Å². The highest BCUT2D eigenvalue weighted by atomic mass is 32.1. The summed E-state index contributed by atoms with van der Waals surface area (Å²) in [6.45, 7) is 0.335. The monoisotopic (exact) mass is 281 g/mol. The van der Waals surface area contributed by atoms with Crippen LogP contribution in [0.15, 0.2) is 28.3 Å². The van der Waals surface area contributed by atoms with Crippen LogP contribution in [0.3, 0.4) is 0 Å². The molecule has 2 rings (SSSR count). The molecule has 0 fully saturated rings. The molecule has 0 bridgehead atoms. The Balaban J connectivity index is 1.97. The molecule has 100 valence electrons. The fraction of sp³-hybridized carbons (Fsp3) is 0.182. The third-order valence-electron chi connectivity index (χ3n) is 2.21. The van der Waals surface area contributed by atoms with E-state index >= 15 is 0 Å². The van der Waals surface area contributed by atoms with Crippen molar-refractivity contribution in [3.8, 4) is 10.6 Å². The smallest absolute Gasteiger partial charge is 0.404 e. The summed E-state index contributed by atoms with van der Waals surface area (Å²) in [5.41, 5.74) is 1.83. The van der Waals surface area contributed by atoms with Crippen molar-refractivity contribution in [1.82, 2.24) is 15.6 Å². The number of carboxylic acid groups (broad SMARTS) is 1. The average molecular weight is 281 g/mol. The first kappa shape index (κ1) is 13.1. The zero-order chi connectivity index (χ0) is 13.7. The molecule has 0 aliphatic heterocycles. The number of hydrogen-bond donors (Lipinski definition) is 3. The van der Waals surface area contributed by atoms with Crippen LogP contribution in [0.5, 0.6) is 0 Å². The van der Waals surface area contributed by atoms with Gasteiger partial charge >= 0.3 is 6.09 Å². The highest BCUT2D eigenvalue weighted by Crippen LogP contribution is 2.27. The standard InChI is InChI=1S/C11H11N3O4S/c15-10(12-3-4-13-11(16)17)8-9(19-6-14-8)7-2-1-5-18-7/h1-2,5-6,13H,3-4H2,(H,12,15)(H,16,17). The number of furan rings is 1. The predicted molar refractivity (Wildman–Crippen MR) is 68.2 cm³/mol. The summed E-state index contributed by atoms with van der Waals surface area (Å²) in [5, 5.41) is 13.1. The van der Waals surface area contributed by atoms with Crippen LogP contribution in [0.2, 0.25) is 0 Å². The van der Waals surface area contributed by atoms with E-state index in [1.54, 1.807) is 17.6 Å². The van der Waals surface area contributed by atoms with E-state index in [1.165, 1.54) is 17.6 Å². The maximum atomic E-state index is 11.9. The number of carbonyl (C=O) groups is 2. The molecule has 0 unspecified atom stereocenters. The van der Waals surface area contributed by atoms with Crippen LogP contribution in [0.1, 0.15) is 10.5 Å². The Kier molecular flexibility index (Phi) is 4.14. The number of thiazole rings is 1. The van der Waals surface area contributed by atoms with Gasteiger partial charge in [0.05, 0.1) is 11.8 Å². The van der Waals surface area contributed by atoms with E-state index in [0.29, 0.717) is 10.6 Å². The Morgan fingerprint density at radius 3 is 2.84 bits per heavy atom. The summed E-state index contributed by atoms with van der Waals surface area (Å²) >= 11 is 1.30. The number of hydrogen-bond acceptors (Lipinski definition) is 5. The highest BCUT2D eigenvalue weighted by Gasteiger charge is 2.17. The van der Waals surface area contributed by atoms with E-state index in [0.717, 1.165) is 0 Å². The Labute approximate surface area is 112 Å². The van der Waals surface area contributed by atoms with Gasteiger partial charge in [-0.1, -0.05) is 0 Å². The molecule has 0 saturated carbocycles. The van der Waals surface area contributed by atoms with E-state index in [2.05, 4.69) is 15.6 Å². The molecular formula is C11H11N3O4S. The Morgan fingerprint density at radius 1 is 1.37 bits per heavy atom. The van der Waals surface area contributed by atoms with Crippen molar-refractivity contribution in [2.75, 3.05) is 13.1 Å². The quantitative estimate of drug-likeness (QED) is 0.718. The number of rotatable bonds is 5. The number of carbonyl (C=O) groups excluding carboxylic acids is 1. The zero-order valence-electron chi connectivity index (χ0n) is 9.75. The molecule has 0 atom stereocenters. The van der Waals surface area contributed by atoms with Crippen molar-refractivity contribution in [3.05, 3.63) is 29.6 Å². The van der Waals surface area contributed by atoms with Gasteiger partial charge in [-0.15, -0.1) is 11.3 Å². The normalized spacial score (nSPS) is 10.1. The Bertz CT molecular complexity index is 564. The van der Waals surface area contributed by atoms with E-state index in [4.69, 9.17) is 9.52 Å². The molecule has 2 aromatic heterocycles. The van der Waals surface area contributed by atoms with Gasteiger partial charge in [-0.3, -0.25) is 4.79 Å². The fourth-order valence-corrected chi connectivity index (χ4v) is 2.17. The molecule has 0 radical (unpaired) electrons. The minimum Gasteiger partial charge on any atom is -0.465 e. The van der Waals surface area contributed by atoms with Crippen molar-refractivity contribution < 1.29 is 19.1 Å². The van der Waals surface area contributed by atoms with E-state index in [1.807, 2.05) is 0 Å². The summed E-state index contributed by atoms with van der Waals surface area (Å²) < 4.78 is 5.23. The van der Waals surface area contributed by atoms with Gasteiger partial charge in [-0.2, -0.15) is 0 Å². The molecule has 7 nitrogen and oxygen atoms in total. The summed E-state index contributed by atoms with van der Waals surface area (Å²) in [6, 6.07) is 3.48. The van der Waals surface area contributed by atoms with Crippen LogP contribution in [0.4, 0.5) is 4.79 Å². The van der Waals surface area contributed by atoms with Gasteiger partial charge in [0.25, 0.3) is 5.91 Å². The molecule has 19 heavy (non-hydrogen) atoms. The van der Waals surface area contributed by atoms with Gasteiger partial charge in [0.1, 0.15) is 16.3 Å². The second-order valence-corrected chi connectivity index (χ2v) is 4.35. The van der Waals surface area contributed by atoms with Gasteiger partial charge in [0.2, 0.25) is 0 Å². The highest BCUT2D eigenvalue weighted by molar-refractivity contribution is 7.13. The second kappa shape index (κ2) is 6.01. The van der Waals surface area contributed by atoms with E-state index in [9.17, 15) is 9.59 Å². The van der Waals surface area contributed by atoms with Crippen LogP contribution >= 0.6 is 11.3 Å². The zero-order valence-corrected chi connectivity index (χ0v) is 10.6. The maximum Gasteiger partial charge on any atom is 0.404 e. The van der Waals surface area contributed by atoms with Crippen LogP contribution < -0.4 is 10.6 Å². The van der Waals surface area contributed by atoms with E-state index in [-0.39, 0.29) is 24.7 Å². The first-order valence-electron chi connectivity index (χ1n) is 5.41. The molecule has 2 amide bonds. The minimum atomic E-state index is -1.13. The van der Waals surface area contributed by atoms with Crippen molar-refractivity contribution in [3.63, 3.8) is 0 Å². The first-order valence-corrected chi connectivity index (χ1v) is 6.29. The average Bonchev–Trinajstić information content (AvgIpc) is 3.02. The lowest BCUT2D eigenvalue weighted by atomic mass is 10.3. The molecule has 8 heteroatoms. The molecule has 0 saturated heterocycles. The molecule has 0 aliphatic carbocycles. The van der Waals surface area contributed by atoms with Crippen molar-refractivity contribution >= 4 is 23.3 Å². The minimum absolute atomic E-state index is 0.140. The molecule has 0 aliphatic rings. The lowest BCUT2D eigenvalue weighted by molar-refractivity contribution is 0.0949. The molecule has 3 N–H and O–H groups in total. The third-order valence-corrected chi connectivity index (χ3v) is 3.06. The summed E-state index contributed by atoms with van der Waals surface area (Å²) in [4.78, 5) is 26.8. The summed E-state index contributed by atoms with van der Waals surface area (Å²) in [6.07, 6.45) is 0.396. The van der Waals surface area contributed by atoms with Crippen LogP contribution in [0.25, 0.3) is 10.6 Å². The molecular weight excluding hydrogens is 270 g/mol. The van der Waals surface area contributed by atoms with Gasteiger partial charge in [0.15, 0.2) is 0 Å². The number of aromatic nitrogens is 1. The topological polar surface area (TPSA) is 104 Å². The summed E-state index contributed by atoms with van der Waals surface area (Å²) in [7, 11) is 0.